The first-order valence-electron chi connectivity index (χ1n) is 7.63. The van der Waals surface area contributed by atoms with E-state index >= 15 is 0 Å². The van der Waals surface area contributed by atoms with E-state index in [0.29, 0.717) is 0 Å². The lowest BCUT2D eigenvalue weighted by Crippen LogP contribution is -2.75. The van der Waals surface area contributed by atoms with Gasteiger partial charge in [0.15, 0.2) is 6.61 Å². The number of hydrogen-bond acceptors (Lipinski definition) is 4. The normalized spacial score (nSPS) is 20.4. The predicted octanol–water partition coefficient (Wildman–Crippen LogP) is 2.78. The summed E-state index contributed by atoms with van der Waals surface area (Å²) in [6.07, 6.45) is 0. The molecule has 0 aliphatic carbocycles. The third-order valence-corrected chi connectivity index (χ3v) is 5.79. The van der Waals surface area contributed by atoms with Crippen LogP contribution in [0.25, 0.3) is 0 Å². The molecule has 1 aliphatic heterocycles. The van der Waals surface area contributed by atoms with Gasteiger partial charge in [0.25, 0.3) is 5.91 Å². The zero-order valence-corrected chi connectivity index (χ0v) is 15.3. The number of rotatable bonds is 3. The molecule has 0 atom stereocenters. The van der Waals surface area contributed by atoms with Crippen LogP contribution in [0.3, 0.4) is 0 Å². The third-order valence-electron chi connectivity index (χ3n) is 5.79. The van der Waals surface area contributed by atoms with Crippen molar-refractivity contribution in [1.29, 1.82) is 0 Å². The lowest BCUT2D eigenvalue weighted by molar-refractivity contribution is -0.192. The zero-order valence-electron chi connectivity index (χ0n) is 15.3. The Morgan fingerprint density at radius 2 is 1.50 bits per heavy atom. The van der Waals surface area contributed by atoms with Crippen molar-refractivity contribution in [3.05, 3.63) is 0 Å². The van der Waals surface area contributed by atoms with Gasteiger partial charge in [0.1, 0.15) is 0 Å². The molecule has 0 radical (unpaired) electrons. The highest BCUT2D eigenvalue weighted by Gasteiger charge is 2.62. The maximum Gasteiger partial charge on any atom is 0.312 e. The highest BCUT2D eigenvalue weighted by atomic mass is 16.5. The molecule has 1 rings (SSSR count). The van der Waals surface area contributed by atoms with Crippen LogP contribution < -0.4 is 0 Å². The number of ether oxygens (including phenoxy) is 1. The Morgan fingerprint density at radius 3 is 1.86 bits per heavy atom. The number of amides is 2. The summed E-state index contributed by atoms with van der Waals surface area (Å²) in [5.41, 5.74) is -2.17. The first kappa shape index (κ1) is 18.7. The van der Waals surface area contributed by atoms with Gasteiger partial charge in [0.05, 0.1) is 16.4 Å². The molecule has 22 heavy (non-hydrogen) atoms. The summed E-state index contributed by atoms with van der Waals surface area (Å²) in [7, 11) is 0. The van der Waals surface area contributed by atoms with Crippen LogP contribution in [-0.2, 0) is 19.1 Å². The number of carbonyl (C=O) groups excluding carboxylic acids is 3. The molecular formula is C17H29NO4. The summed E-state index contributed by atoms with van der Waals surface area (Å²) >= 11 is 0. The fourth-order valence-electron chi connectivity index (χ4n) is 2.13. The van der Waals surface area contributed by atoms with Gasteiger partial charge in [-0.1, -0.05) is 20.8 Å². The highest BCUT2D eigenvalue weighted by molar-refractivity contribution is 6.05. The number of imide groups is 1. The second-order valence-electron chi connectivity index (χ2n) is 8.67. The Labute approximate surface area is 133 Å². The molecule has 0 aromatic rings. The first-order valence-corrected chi connectivity index (χ1v) is 7.63. The summed E-state index contributed by atoms with van der Waals surface area (Å²) in [5.74, 6) is -1.13. The Morgan fingerprint density at radius 1 is 1.05 bits per heavy atom. The number of β-lactam (4-membered cyclic amide) rings is 1. The molecule has 5 nitrogen and oxygen atoms in total. The summed E-state index contributed by atoms with van der Waals surface area (Å²) in [5, 5.41) is 0. The van der Waals surface area contributed by atoms with Gasteiger partial charge in [-0.2, -0.15) is 0 Å². The van der Waals surface area contributed by atoms with Crippen molar-refractivity contribution in [3.63, 3.8) is 0 Å². The fraction of sp³-hybridized carbons (Fsp3) is 0.824. The Hall–Kier alpha value is -1.39. The molecule has 1 fully saturated rings. The van der Waals surface area contributed by atoms with E-state index in [1.165, 1.54) is 4.90 Å². The van der Waals surface area contributed by atoms with Gasteiger partial charge in [-0.3, -0.25) is 19.3 Å². The Kier molecular flexibility index (Phi) is 4.30. The minimum absolute atomic E-state index is 0.228. The SMILES string of the molecule is CC(C)(C)C(C)(C)C(=O)OCC(=O)N1C(=O)C(C)(C)C1(C)C. The molecule has 0 N–H and O–H groups in total. The van der Waals surface area contributed by atoms with E-state index in [2.05, 4.69) is 0 Å². The molecule has 0 bridgehead atoms. The molecule has 0 aromatic heterocycles. The lowest BCUT2D eigenvalue weighted by atomic mass is 9.64. The number of carbonyl (C=O) groups is 3. The molecule has 1 aliphatic rings. The first-order chi connectivity index (χ1) is 9.58. The molecule has 2 amide bonds. The van der Waals surface area contributed by atoms with Gasteiger partial charge < -0.3 is 4.74 Å². The third kappa shape index (κ3) is 2.55. The quantitative estimate of drug-likeness (QED) is 0.594. The summed E-state index contributed by atoms with van der Waals surface area (Å²) in [6, 6.07) is 0. The number of hydrogen-bond donors (Lipinski definition) is 0. The minimum atomic E-state index is -0.721. The predicted molar refractivity (Wildman–Crippen MR) is 83.9 cm³/mol. The van der Waals surface area contributed by atoms with Crippen LogP contribution in [0.5, 0.6) is 0 Å². The lowest BCUT2D eigenvalue weighted by Gasteiger charge is -2.58. The Balaban J connectivity index is 2.74. The van der Waals surface area contributed by atoms with Crippen LogP contribution in [0.4, 0.5) is 0 Å². The van der Waals surface area contributed by atoms with Crippen molar-refractivity contribution in [2.45, 2.75) is 67.9 Å². The fourth-order valence-corrected chi connectivity index (χ4v) is 2.13. The van der Waals surface area contributed by atoms with Gasteiger partial charge in [-0.05, 0) is 47.0 Å². The van der Waals surface area contributed by atoms with Gasteiger partial charge >= 0.3 is 5.97 Å². The molecule has 0 unspecified atom stereocenters. The molecule has 1 saturated heterocycles. The number of likely N-dealkylation sites (tertiary alicyclic amines) is 1. The second kappa shape index (κ2) is 5.07. The van der Waals surface area contributed by atoms with E-state index in [1.54, 1.807) is 13.8 Å². The average Bonchev–Trinajstić information content (AvgIpc) is 2.33. The van der Waals surface area contributed by atoms with Crippen LogP contribution in [0, 0.1) is 16.2 Å². The monoisotopic (exact) mass is 311 g/mol. The maximum atomic E-state index is 12.2. The zero-order chi connectivity index (χ0) is 17.7. The molecule has 0 spiro atoms. The van der Waals surface area contributed by atoms with Crippen molar-refractivity contribution in [3.8, 4) is 0 Å². The van der Waals surface area contributed by atoms with E-state index < -0.39 is 34.9 Å². The standard InChI is InChI=1S/C17H29NO4/c1-14(2,3)16(6,7)13(21)22-10-11(19)18-12(20)15(4,5)17(18,8)9/h10H2,1-9H3. The smallest absolute Gasteiger partial charge is 0.312 e. The van der Waals surface area contributed by atoms with Crippen LogP contribution in [0.2, 0.25) is 0 Å². The van der Waals surface area contributed by atoms with E-state index in [-0.39, 0.29) is 11.3 Å². The van der Waals surface area contributed by atoms with Crippen molar-refractivity contribution >= 4 is 17.8 Å². The molecule has 5 heteroatoms. The molecular weight excluding hydrogens is 282 g/mol. The molecule has 0 aromatic carbocycles. The number of nitrogens with zero attached hydrogens (tertiary/aromatic N) is 1. The summed E-state index contributed by atoms with van der Waals surface area (Å²) < 4.78 is 5.18. The van der Waals surface area contributed by atoms with Crippen LogP contribution in [0.15, 0.2) is 0 Å². The van der Waals surface area contributed by atoms with E-state index in [1.807, 2.05) is 48.5 Å². The van der Waals surface area contributed by atoms with Crippen molar-refractivity contribution in [2.24, 2.45) is 16.2 Å². The Bertz CT molecular complexity index is 509. The second-order valence-corrected chi connectivity index (χ2v) is 8.67. The van der Waals surface area contributed by atoms with Crippen LogP contribution in [-0.4, -0.2) is 34.8 Å². The molecule has 126 valence electrons. The van der Waals surface area contributed by atoms with Gasteiger partial charge in [0, 0.05) is 0 Å². The average molecular weight is 311 g/mol. The summed E-state index contributed by atoms with van der Waals surface area (Å²) in [4.78, 5) is 37.8. The molecule has 0 saturated carbocycles. The van der Waals surface area contributed by atoms with Crippen LogP contribution >= 0.6 is 0 Å². The van der Waals surface area contributed by atoms with Crippen molar-refractivity contribution in [2.75, 3.05) is 6.61 Å². The molecule has 1 heterocycles. The van der Waals surface area contributed by atoms with E-state index in [9.17, 15) is 14.4 Å². The van der Waals surface area contributed by atoms with Gasteiger partial charge in [-0.25, -0.2) is 0 Å². The minimum Gasteiger partial charge on any atom is -0.455 e. The van der Waals surface area contributed by atoms with E-state index in [4.69, 9.17) is 4.74 Å². The van der Waals surface area contributed by atoms with Crippen molar-refractivity contribution in [1.82, 2.24) is 4.90 Å². The topological polar surface area (TPSA) is 63.7 Å². The van der Waals surface area contributed by atoms with Crippen molar-refractivity contribution < 1.29 is 19.1 Å². The largest absolute Gasteiger partial charge is 0.455 e. The summed E-state index contributed by atoms with van der Waals surface area (Å²) in [6.45, 7) is 16.3. The highest BCUT2D eigenvalue weighted by Crippen LogP contribution is 2.47. The van der Waals surface area contributed by atoms with Gasteiger partial charge in [-0.15, -0.1) is 0 Å². The van der Waals surface area contributed by atoms with E-state index in [0.717, 1.165) is 0 Å². The maximum absolute atomic E-state index is 12.2. The van der Waals surface area contributed by atoms with Crippen LogP contribution in [0.1, 0.15) is 62.3 Å². The number of esters is 1. The van der Waals surface area contributed by atoms with Gasteiger partial charge in [0.2, 0.25) is 5.91 Å².